The predicted octanol–water partition coefficient (Wildman–Crippen LogP) is 1.60. The molecule has 8 heteroatoms. The van der Waals surface area contributed by atoms with Crippen LogP contribution in [0.1, 0.15) is 27.3 Å². The van der Waals surface area contributed by atoms with E-state index >= 15 is 0 Å². The highest BCUT2D eigenvalue weighted by Crippen LogP contribution is 2.29. The Labute approximate surface area is 160 Å². The van der Waals surface area contributed by atoms with Crippen LogP contribution >= 0.6 is 0 Å². The molecular weight excluding hydrogens is 363 g/mol. The van der Waals surface area contributed by atoms with Crippen molar-refractivity contribution in [1.82, 2.24) is 19.2 Å². The Bertz CT molecular complexity index is 1130. The maximum Gasteiger partial charge on any atom is 0.276 e. The number of aryl methyl sites for hydroxylation is 2. The highest BCUT2D eigenvalue weighted by molar-refractivity contribution is 6.02. The number of hydrogen-bond donors (Lipinski definition) is 1. The van der Waals surface area contributed by atoms with Crippen molar-refractivity contribution in [1.29, 1.82) is 0 Å². The van der Waals surface area contributed by atoms with Crippen molar-refractivity contribution in [3.63, 3.8) is 0 Å². The number of aromatic nitrogens is 3. The Balaban J connectivity index is 1.79. The monoisotopic (exact) mass is 384 g/mol. The van der Waals surface area contributed by atoms with Crippen molar-refractivity contribution >= 4 is 16.8 Å². The summed E-state index contributed by atoms with van der Waals surface area (Å²) in [4.78, 5) is 27.7. The fraction of sp³-hybridized carbons (Fsp3) is 0.350. The van der Waals surface area contributed by atoms with Gasteiger partial charge in [0.1, 0.15) is 11.5 Å². The third-order valence-corrected chi connectivity index (χ3v) is 5.25. The highest BCUT2D eigenvalue weighted by Gasteiger charge is 2.31. The smallest absolute Gasteiger partial charge is 0.276 e. The fourth-order valence-electron chi connectivity index (χ4n) is 3.96. The molecule has 2 aromatic heterocycles. The molecule has 1 aliphatic rings. The molecule has 4 rings (SSSR count). The number of aliphatic hydroxyl groups is 1. The van der Waals surface area contributed by atoms with Gasteiger partial charge in [-0.25, -0.2) is 9.07 Å². The van der Waals surface area contributed by atoms with Gasteiger partial charge in [0.25, 0.3) is 11.5 Å². The molecule has 0 saturated carbocycles. The minimum absolute atomic E-state index is 0.111. The molecule has 0 bridgehead atoms. The molecule has 7 nitrogen and oxygen atoms in total. The van der Waals surface area contributed by atoms with Gasteiger partial charge in [0.15, 0.2) is 0 Å². The first kappa shape index (κ1) is 18.4. The third kappa shape index (κ3) is 2.80. The summed E-state index contributed by atoms with van der Waals surface area (Å²) in [6, 6.07) is 6.10. The Kier molecular flexibility index (Phi) is 4.50. The first-order valence-corrected chi connectivity index (χ1v) is 9.17. The summed E-state index contributed by atoms with van der Waals surface area (Å²) >= 11 is 0. The number of carbonyl (C=O) groups excluding carboxylic acids is 1. The second-order valence-electron chi connectivity index (χ2n) is 7.04. The zero-order valence-electron chi connectivity index (χ0n) is 15.8. The molecule has 28 heavy (non-hydrogen) atoms. The maximum absolute atomic E-state index is 13.2. The average Bonchev–Trinajstić information content (AvgIpc) is 2.98. The van der Waals surface area contributed by atoms with E-state index in [-0.39, 0.29) is 30.4 Å². The van der Waals surface area contributed by atoms with Crippen LogP contribution < -0.4 is 5.56 Å². The van der Waals surface area contributed by atoms with Crippen molar-refractivity contribution in [3.8, 4) is 0 Å². The first-order chi connectivity index (χ1) is 13.4. The molecule has 0 spiro atoms. The maximum atomic E-state index is 13.2. The summed E-state index contributed by atoms with van der Waals surface area (Å²) in [5, 5.41) is 14.0. The van der Waals surface area contributed by atoms with Gasteiger partial charge in [-0.15, -0.1) is 0 Å². The van der Waals surface area contributed by atoms with Gasteiger partial charge >= 0.3 is 0 Å². The van der Waals surface area contributed by atoms with E-state index in [1.165, 1.54) is 16.8 Å². The summed E-state index contributed by atoms with van der Waals surface area (Å²) < 4.78 is 16.3. The highest BCUT2D eigenvalue weighted by atomic mass is 19.1. The molecule has 0 atom stereocenters. The SMILES string of the molecule is Cc1c2n(c3c(C)nn(CCO)c(=O)c13)CCN(Cc1ccc(F)cc1)C2=O. The van der Waals surface area contributed by atoms with Crippen molar-refractivity contribution < 1.29 is 14.3 Å². The molecule has 0 unspecified atom stereocenters. The Hall–Kier alpha value is -3.00. The van der Waals surface area contributed by atoms with E-state index in [1.807, 2.05) is 4.57 Å². The minimum atomic E-state index is -0.313. The molecule has 1 N–H and O–H groups in total. The molecule has 0 saturated heterocycles. The van der Waals surface area contributed by atoms with Gasteiger partial charge in [0.2, 0.25) is 0 Å². The van der Waals surface area contributed by atoms with Gasteiger partial charge in [0, 0.05) is 19.6 Å². The normalized spacial score (nSPS) is 14.0. The van der Waals surface area contributed by atoms with Crippen molar-refractivity contribution in [3.05, 3.63) is 63.0 Å². The molecule has 1 amide bonds. The number of hydrogen-bond acceptors (Lipinski definition) is 4. The van der Waals surface area contributed by atoms with E-state index in [9.17, 15) is 19.1 Å². The number of nitrogens with zero attached hydrogens (tertiary/aromatic N) is 4. The number of fused-ring (bicyclic) bond motifs is 3. The van der Waals surface area contributed by atoms with Crippen molar-refractivity contribution in [2.24, 2.45) is 0 Å². The van der Waals surface area contributed by atoms with Gasteiger partial charge in [-0.1, -0.05) is 12.1 Å². The minimum Gasteiger partial charge on any atom is -0.394 e. The second kappa shape index (κ2) is 6.87. The van der Waals surface area contributed by atoms with Crippen LogP contribution in [0.3, 0.4) is 0 Å². The average molecular weight is 384 g/mol. The van der Waals surface area contributed by atoms with Crippen LogP contribution in [-0.4, -0.2) is 43.4 Å². The summed E-state index contributed by atoms with van der Waals surface area (Å²) in [7, 11) is 0. The van der Waals surface area contributed by atoms with Crippen LogP contribution in [0, 0.1) is 19.7 Å². The molecule has 146 valence electrons. The summed E-state index contributed by atoms with van der Waals surface area (Å²) in [5.41, 5.74) is 3.00. The van der Waals surface area contributed by atoms with E-state index in [4.69, 9.17) is 0 Å². The van der Waals surface area contributed by atoms with E-state index in [2.05, 4.69) is 5.10 Å². The second-order valence-corrected chi connectivity index (χ2v) is 7.04. The van der Waals surface area contributed by atoms with Crippen molar-refractivity contribution in [2.45, 2.75) is 33.5 Å². The number of aliphatic hydroxyl groups excluding tert-OH is 1. The lowest BCUT2D eigenvalue weighted by molar-refractivity contribution is 0.0692. The van der Waals surface area contributed by atoms with E-state index in [1.54, 1.807) is 30.9 Å². The number of rotatable bonds is 4. The van der Waals surface area contributed by atoms with E-state index < -0.39 is 0 Å². The van der Waals surface area contributed by atoms with E-state index in [0.717, 1.165) is 5.56 Å². The topological polar surface area (TPSA) is 80.4 Å². The Morgan fingerprint density at radius 1 is 1.14 bits per heavy atom. The lowest BCUT2D eigenvalue weighted by Gasteiger charge is -2.29. The molecule has 0 radical (unpaired) electrons. The van der Waals surface area contributed by atoms with Gasteiger partial charge in [-0.05, 0) is 37.1 Å². The van der Waals surface area contributed by atoms with Crippen LogP contribution in [0.4, 0.5) is 4.39 Å². The largest absolute Gasteiger partial charge is 0.394 e. The Morgan fingerprint density at radius 2 is 1.86 bits per heavy atom. The molecule has 0 aliphatic carbocycles. The Morgan fingerprint density at radius 3 is 2.54 bits per heavy atom. The molecule has 1 aromatic carbocycles. The summed E-state index contributed by atoms with van der Waals surface area (Å²) in [6.07, 6.45) is 0. The van der Waals surface area contributed by atoms with Gasteiger partial charge in [-0.2, -0.15) is 5.10 Å². The number of benzene rings is 1. The lowest BCUT2D eigenvalue weighted by atomic mass is 10.1. The van der Waals surface area contributed by atoms with Gasteiger partial charge in [0.05, 0.1) is 29.7 Å². The van der Waals surface area contributed by atoms with Gasteiger partial charge in [-0.3, -0.25) is 9.59 Å². The number of amides is 1. The third-order valence-electron chi connectivity index (χ3n) is 5.25. The van der Waals surface area contributed by atoms with Crippen LogP contribution in [0.5, 0.6) is 0 Å². The number of halogens is 1. The lowest BCUT2D eigenvalue weighted by Crippen LogP contribution is -2.39. The molecule has 3 aromatic rings. The summed E-state index contributed by atoms with van der Waals surface area (Å²) in [5.74, 6) is -0.469. The predicted molar refractivity (Wildman–Crippen MR) is 102 cm³/mol. The quantitative estimate of drug-likeness (QED) is 0.741. The molecule has 3 heterocycles. The zero-order chi connectivity index (χ0) is 20.0. The number of carbonyl (C=O) groups is 1. The van der Waals surface area contributed by atoms with Crippen molar-refractivity contribution in [2.75, 3.05) is 13.2 Å². The zero-order valence-corrected chi connectivity index (χ0v) is 15.8. The van der Waals surface area contributed by atoms with Crippen LogP contribution in [0.15, 0.2) is 29.1 Å². The molecular formula is C20H21FN4O3. The fourth-order valence-corrected chi connectivity index (χ4v) is 3.96. The first-order valence-electron chi connectivity index (χ1n) is 9.17. The van der Waals surface area contributed by atoms with Gasteiger partial charge < -0.3 is 14.6 Å². The standard InChI is InChI=1S/C20H21FN4O3/c1-12-16-18(13(2)22-25(9-10-26)19(16)27)24-8-7-23(20(28)17(12)24)11-14-3-5-15(21)6-4-14/h3-6,26H,7-11H2,1-2H3. The van der Waals surface area contributed by atoms with Crippen LogP contribution in [0.25, 0.3) is 10.9 Å². The summed E-state index contributed by atoms with van der Waals surface area (Å²) in [6.45, 7) is 4.93. The van der Waals surface area contributed by atoms with Crippen LogP contribution in [-0.2, 0) is 19.6 Å². The van der Waals surface area contributed by atoms with E-state index in [0.29, 0.717) is 47.5 Å². The van der Waals surface area contributed by atoms with Crippen LogP contribution in [0.2, 0.25) is 0 Å². The molecule has 1 aliphatic heterocycles. The molecule has 0 fully saturated rings.